The molecule has 0 aliphatic heterocycles. The number of rotatable bonds is 3. The molecule has 1 aromatic carbocycles. The first kappa shape index (κ1) is 9.18. The average Bonchev–Trinajstić information content (AvgIpc) is 2.16. The van der Waals surface area contributed by atoms with Gasteiger partial charge in [0.05, 0.1) is 12.7 Å². The molecule has 5 nitrogen and oxygen atoms in total. The summed E-state index contributed by atoms with van der Waals surface area (Å²) in [6, 6.07) is 4.55. The predicted octanol–water partition coefficient (Wildman–Crippen LogP) is 1.46. The van der Waals surface area contributed by atoms with Gasteiger partial charge in [0.15, 0.2) is 0 Å². The van der Waals surface area contributed by atoms with Crippen LogP contribution in [0.2, 0.25) is 0 Å². The molecule has 0 aromatic heterocycles. The van der Waals surface area contributed by atoms with Gasteiger partial charge in [-0.05, 0) is 12.1 Å². The van der Waals surface area contributed by atoms with E-state index >= 15 is 0 Å². The molecule has 0 saturated carbocycles. The number of primary amides is 1. The number of carbonyl (C=O) groups is 1. The van der Waals surface area contributed by atoms with Crippen LogP contribution in [0, 0.1) is 5.53 Å². The number of nitrogens with two attached hydrogens (primary N) is 1. The summed E-state index contributed by atoms with van der Waals surface area (Å²) in [5.74, 6) is -0.0651. The van der Waals surface area contributed by atoms with E-state index in [1.54, 1.807) is 6.07 Å². The van der Waals surface area contributed by atoms with Gasteiger partial charge in [0, 0.05) is 6.07 Å². The molecule has 1 amide bonds. The van der Waals surface area contributed by atoms with Gasteiger partial charge in [0.2, 0.25) is 0 Å². The zero-order valence-electron chi connectivity index (χ0n) is 7.07. The van der Waals surface area contributed by atoms with Gasteiger partial charge in [-0.2, -0.15) is 5.11 Å². The number of nitrogens with one attached hydrogen (secondary N) is 1. The zero-order chi connectivity index (χ0) is 9.84. The largest absolute Gasteiger partial charge is 0.497 e. The SMILES string of the molecule is COc1ccc(C(N)=O)c(N=N)c1. The van der Waals surface area contributed by atoms with Crippen LogP contribution >= 0.6 is 0 Å². The van der Waals surface area contributed by atoms with Gasteiger partial charge in [-0.3, -0.25) is 4.79 Å². The summed E-state index contributed by atoms with van der Waals surface area (Å²) in [5.41, 5.74) is 12.3. The molecule has 0 atom stereocenters. The summed E-state index contributed by atoms with van der Waals surface area (Å²) in [4.78, 5) is 10.8. The van der Waals surface area contributed by atoms with Crippen LogP contribution in [-0.2, 0) is 0 Å². The number of amides is 1. The summed E-state index contributed by atoms with van der Waals surface area (Å²) >= 11 is 0. The lowest BCUT2D eigenvalue weighted by Crippen LogP contribution is -2.10. The minimum absolute atomic E-state index is 0.215. The van der Waals surface area contributed by atoms with Crippen molar-refractivity contribution < 1.29 is 9.53 Å². The van der Waals surface area contributed by atoms with Gasteiger partial charge in [-0.1, -0.05) is 0 Å². The van der Waals surface area contributed by atoms with E-state index in [0.717, 1.165) is 0 Å². The van der Waals surface area contributed by atoms with Crippen LogP contribution in [0.15, 0.2) is 23.3 Å². The monoisotopic (exact) mass is 179 g/mol. The summed E-state index contributed by atoms with van der Waals surface area (Å²) in [6.07, 6.45) is 0. The van der Waals surface area contributed by atoms with Crippen molar-refractivity contribution in [3.63, 3.8) is 0 Å². The molecule has 68 valence electrons. The first-order chi connectivity index (χ1) is 6.19. The molecule has 0 spiro atoms. The van der Waals surface area contributed by atoms with Crippen molar-refractivity contribution >= 4 is 11.6 Å². The second-order valence-corrected chi connectivity index (χ2v) is 2.36. The number of hydrogen-bond donors (Lipinski definition) is 2. The second-order valence-electron chi connectivity index (χ2n) is 2.36. The van der Waals surface area contributed by atoms with Crippen LogP contribution in [0.1, 0.15) is 10.4 Å². The Kier molecular flexibility index (Phi) is 2.59. The number of benzene rings is 1. The Labute approximate surface area is 75.0 Å². The van der Waals surface area contributed by atoms with Crippen LogP contribution in [0.25, 0.3) is 0 Å². The number of hydrogen-bond acceptors (Lipinski definition) is 4. The van der Waals surface area contributed by atoms with Crippen molar-refractivity contribution in [2.45, 2.75) is 0 Å². The first-order valence-corrected chi connectivity index (χ1v) is 3.54. The Morgan fingerprint density at radius 3 is 2.77 bits per heavy atom. The fraction of sp³-hybridized carbons (Fsp3) is 0.125. The molecule has 0 heterocycles. The molecule has 5 heteroatoms. The zero-order valence-corrected chi connectivity index (χ0v) is 7.07. The summed E-state index contributed by atoms with van der Waals surface area (Å²) in [6.45, 7) is 0. The Hall–Kier alpha value is -1.91. The molecule has 0 bridgehead atoms. The van der Waals surface area contributed by atoms with E-state index in [9.17, 15) is 4.79 Å². The summed E-state index contributed by atoms with van der Waals surface area (Å²) in [7, 11) is 1.49. The first-order valence-electron chi connectivity index (χ1n) is 3.54. The van der Waals surface area contributed by atoms with Crippen molar-refractivity contribution in [2.24, 2.45) is 10.8 Å². The number of ether oxygens (including phenoxy) is 1. The molecular weight excluding hydrogens is 170 g/mol. The molecule has 0 saturated heterocycles. The Bertz CT molecular complexity index is 349. The van der Waals surface area contributed by atoms with E-state index in [4.69, 9.17) is 16.0 Å². The fourth-order valence-electron chi connectivity index (χ4n) is 0.939. The van der Waals surface area contributed by atoms with Gasteiger partial charge < -0.3 is 10.5 Å². The van der Waals surface area contributed by atoms with E-state index in [-0.39, 0.29) is 11.3 Å². The second kappa shape index (κ2) is 3.66. The van der Waals surface area contributed by atoms with Crippen LogP contribution in [-0.4, -0.2) is 13.0 Å². The molecule has 1 rings (SSSR count). The summed E-state index contributed by atoms with van der Waals surface area (Å²) in [5, 5.41) is 3.17. The highest BCUT2D eigenvalue weighted by atomic mass is 16.5. The predicted molar refractivity (Wildman–Crippen MR) is 46.3 cm³/mol. The van der Waals surface area contributed by atoms with E-state index in [0.29, 0.717) is 5.75 Å². The van der Waals surface area contributed by atoms with Crippen molar-refractivity contribution in [1.82, 2.24) is 0 Å². The fourth-order valence-corrected chi connectivity index (χ4v) is 0.939. The van der Waals surface area contributed by atoms with Crippen LogP contribution in [0.5, 0.6) is 5.75 Å². The molecule has 3 N–H and O–H groups in total. The number of methoxy groups -OCH3 is 1. The lowest BCUT2D eigenvalue weighted by molar-refractivity contribution is 0.100. The average molecular weight is 179 g/mol. The van der Waals surface area contributed by atoms with Gasteiger partial charge in [0.25, 0.3) is 5.91 Å². The highest BCUT2D eigenvalue weighted by Gasteiger charge is 2.08. The lowest BCUT2D eigenvalue weighted by Gasteiger charge is -2.03. The third-order valence-electron chi connectivity index (χ3n) is 1.59. The van der Waals surface area contributed by atoms with Gasteiger partial charge in [-0.15, -0.1) is 0 Å². The topological polar surface area (TPSA) is 88.5 Å². The molecule has 0 fully saturated rings. The van der Waals surface area contributed by atoms with E-state index in [2.05, 4.69) is 5.11 Å². The van der Waals surface area contributed by atoms with Crippen LogP contribution in [0.3, 0.4) is 0 Å². The maximum Gasteiger partial charge on any atom is 0.250 e. The van der Waals surface area contributed by atoms with E-state index in [1.165, 1.54) is 19.2 Å². The number of nitrogens with zero attached hydrogens (tertiary/aromatic N) is 1. The normalized spacial score (nSPS) is 9.31. The third kappa shape index (κ3) is 1.81. The van der Waals surface area contributed by atoms with Crippen molar-refractivity contribution in [3.05, 3.63) is 23.8 Å². The minimum Gasteiger partial charge on any atom is -0.497 e. The molecule has 13 heavy (non-hydrogen) atoms. The molecule has 0 aliphatic rings. The van der Waals surface area contributed by atoms with Gasteiger partial charge >= 0.3 is 0 Å². The van der Waals surface area contributed by atoms with Gasteiger partial charge in [0.1, 0.15) is 11.4 Å². The van der Waals surface area contributed by atoms with E-state index < -0.39 is 5.91 Å². The highest BCUT2D eigenvalue weighted by Crippen LogP contribution is 2.24. The molecule has 1 aromatic rings. The summed E-state index contributed by atoms with van der Waals surface area (Å²) < 4.78 is 4.90. The molecule has 0 aliphatic carbocycles. The highest BCUT2D eigenvalue weighted by molar-refractivity contribution is 5.97. The Morgan fingerprint density at radius 1 is 1.62 bits per heavy atom. The van der Waals surface area contributed by atoms with E-state index in [1.807, 2.05) is 0 Å². The number of carbonyl (C=O) groups excluding carboxylic acids is 1. The standard InChI is InChI=1S/C8H9N3O2/c1-13-5-2-3-6(8(9)12)7(4-5)11-10/h2-4,10H,1H3,(H2,9,12). The van der Waals surface area contributed by atoms with Crippen molar-refractivity contribution in [3.8, 4) is 5.75 Å². The smallest absolute Gasteiger partial charge is 0.250 e. The molecule has 0 unspecified atom stereocenters. The van der Waals surface area contributed by atoms with Crippen LogP contribution < -0.4 is 10.5 Å². The third-order valence-corrected chi connectivity index (χ3v) is 1.59. The Balaban J connectivity index is 3.23. The Morgan fingerprint density at radius 2 is 2.31 bits per heavy atom. The lowest BCUT2D eigenvalue weighted by atomic mass is 10.1. The minimum atomic E-state index is -0.603. The van der Waals surface area contributed by atoms with Crippen LogP contribution in [0.4, 0.5) is 5.69 Å². The van der Waals surface area contributed by atoms with Crippen molar-refractivity contribution in [2.75, 3.05) is 7.11 Å². The van der Waals surface area contributed by atoms with Crippen molar-refractivity contribution in [1.29, 1.82) is 5.53 Å². The molecular formula is C8H9N3O2. The maximum atomic E-state index is 10.8. The molecule has 0 radical (unpaired) electrons. The maximum absolute atomic E-state index is 10.8. The quantitative estimate of drug-likeness (QED) is 0.688. The van der Waals surface area contributed by atoms with Gasteiger partial charge in [-0.25, -0.2) is 5.53 Å².